The molecule has 5 heteroatoms. The molecule has 0 unspecified atom stereocenters. The molecular weight excluding hydrogens is 308 g/mol. The average molecular weight is 327 g/mol. The van der Waals surface area contributed by atoms with Crippen molar-refractivity contribution in [3.63, 3.8) is 0 Å². The van der Waals surface area contributed by atoms with E-state index in [1.54, 1.807) is 0 Å². The average Bonchev–Trinajstić information content (AvgIpc) is 2.35. The molecule has 1 amide bonds. The van der Waals surface area contributed by atoms with E-state index in [1.165, 1.54) is 0 Å². The van der Waals surface area contributed by atoms with Crippen LogP contribution in [0.4, 0.5) is 0 Å². The van der Waals surface area contributed by atoms with Gasteiger partial charge in [0.25, 0.3) is 5.91 Å². The lowest BCUT2D eigenvalue weighted by atomic mass is 10.1. The van der Waals surface area contributed by atoms with Crippen molar-refractivity contribution in [3.8, 4) is 5.75 Å². The number of carbonyl (C=O) groups excluding carboxylic acids is 1. The van der Waals surface area contributed by atoms with Crippen LogP contribution in [0, 0.1) is 0 Å². The molecule has 1 aliphatic rings. The number of carbonyl (C=O) groups is 1. The Morgan fingerprint density at radius 2 is 2.11 bits per heavy atom. The molecule has 0 aromatic heterocycles. The zero-order valence-corrected chi connectivity index (χ0v) is 12.8. The molecule has 0 saturated carbocycles. The van der Waals surface area contributed by atoms with Gasteiger partial charge in [-0.3, -0.25) is 4.79 Å². The zero-order valence-electron chi connectivity index (χ0n) is 11.2. The standard InChI is InChI=1S/C14H19BrN2O2/c1-10-7-17(8-11(2)16-10)14(18)9-19-13-5-3-4-12(15)6-13/h3-6,10-11,16H,7-9H2,1-2H3/t10-,11+. The van der Waals surface area contributed by atoms with E-state index in [2.05, 4.69) is 35.1 Å². The van der Waals surface area contributed by atoms with Crippen molar-refractivity contribution in [2.45, 2.75) is 25.9 Å². The first-order chi connectivity index (χ1) is 9.04. The van der Waals surface area contributed by atoms with Crippen LogP contribution in [0.2, 0.25) is 0 Å². The number of nitrogens with one attached hydrogen (secondary N) is 1. The first kappa shape index (κ1) is 14.3. The highest BCUT2D eigenvalue weighted by Crippen LogP contribution is 2.17. The molecule has 2 atom stereocenters. The first-order valence-electron chi connectivity index (χ1n) is 6.47. The number of hydrogen-bond acceptors (Lipinski definition) is 3. The number of nitrogens with zero attached hydrogens (tertiary/aromatic N) is 1. The van der Waals surface area contributed by atoms with Crippen LogP contribution in [-0.4, -0.2) is 42.6 Å². The van der Waals surface area contributed by atoms with Gasteiger partial charge in [-0.25, -0.2) is 0 Å². The van der Waals surface area contributed by atoms with E-state index in [4.69, 9.17) is 4.74 Å². The van der Waals surface area contributed by atoms with Gasteiger partial charge in [-0.05, 0) is 32.0 Å². The van der Waals surface area contributed by atoms with Gasteiger partial charge < -0.3 is 15.0 Å². The van der Waals surface area contributed by atoms with E-state index in [9.17, 15) is 4.79 Å². The molecule has 0 bridgehead atoms. The minimum absolute atomic E-state index is 0.0418. The highest BCUT2D eigenvalue weighted by molar-refractivity contribution is 9.10. The maximum atomic E-state index is 12.1. The highest BCUT2D eigenvalue weighted by Gasteiger charge is 2.24. The van der Waals surface area contributed by atoms with Gasteiger partial charge in [0.1, 0.15) is 5.75 Å². The van der Waals surface area contributed by atoms with Crippen LogP contribution in [0.3, 0.4) is 0 Å². The molecule has 1 fully saturated rings. The van der Waals surface area contributed by atoms with Crippen LogP contribution in [0.5, 0.6) is 5.75 Å². The van der Waals surface area contributed by atoms with E-state index in [1.807, 2.05) is 29.2 Å². The number of rotatable bonds is 3. The van der Waals surface area contributed by atoms with Crippen molar-refractivity contribution in [1.29, 1.82) is 0 Å². The lowest BCUT2D eigenvalue weighted by Crippen LogP contribution is -2.56. The first-order valence-corrected chi connectivity index (χ1v) is 7.26. The van der Waals surface area contributed by atoms with Gasteiger partial charge in [0.2, 0.25) is 0 Å². The molecule has 1 N–H and O–H groups in total. The topological polar surface area (TPSA) is 41.6 Å². The van der Waals surface area contributed by atoms with Gasteiger partial charge in [-0.1, -0.05) is 22.0 Å². The van der Waals surface area contributed by atoms with Gasteiger partial charge in [0.15, 0.2) is 6.61 Å². The van der Waals surface area contributed by atoms with Gasteiger partial charge in [0, 0.05) is 29.6 Å². The number of halogens is 1. The Morgan fingerprint density at radius 3 is 2.74 bits per heavy atom. The normalized spacial score (nSPS) is 23.2. The Hall–Kier alpha value is -1.07. The van der Waals surface area contributed by atoms with E-state index in [0.717, 1.165) is 17.6 Å². The van der Waals surface area contributed by atoms with E-state index < -0.39 is 0 Å². The maximum absolute atomic E-state index is 12.1. The van der Waals surface area contributed by atoms with Crippen molar-refractivity contribution < 1.29 is 9.53 Å². The fraction of sp³-hybridized carbons (Fsp3) is 0.500. The summed E-state index contributed by atoms with van der Waals surface area (Å²) in [5.74, 6) is 0.749. The summed E-state index contributed by atoms with van der Waals surface area (Å²) in [6.07, 6.45) is 0. The fourth-order valence-electron chi connectivity index (χ4n) is 2.32. The summed E-state index contributed by atoms with van der Waals surface area (Å²) < 4.78 is 6.48. The lowest BCUT2D eigenvalue weighted by molar-refractivity contribution is -0.135. The summed E-state index contributed by atoms with van der Waals surface area (Å²) in [6.45, 7) is 5.75. The fourth-order valence-corrected chi connectivity index (χ4v) is 2.70. The predicted octanol–water partition coefficient (Wildman–Crippen LogP) is 2.04. The van der Waals surface area contributed by atoms with E-state index in [-0.39, 0.29) is 12.5 Å². The van der Waals surface area contributed by atoms with Crippen LogP contribution in [0.1, 0.15) is 13.8 Å². The van der Waals surface area contributed by atoms with E-state index >= 15 is 0 Å². The maximum Gasteiger partial charge on any atom is 0.260 e. The van der Waals surface area contributed by atoms with Crippen molar-refractivity contribution >= 4 is 21.8 Å². The molecule has 1 aliphatic heterocycles. The summed E-state index contributed by atoms with van der Waals surface area (Å²) in [5.41, 5.74) is 0. The second-order valence-electron chi connectivity index (χ2n) is 5.01. The number of benzene rings is 1. The molecule has 1 saturated heterocycles. The van der Waals surface area contributed by atoms with Crippen LogP contribution >= 0.6 is 15.9 Å². The monoisotopic (exact) mass is 326 g/mol. The molecule has 0 spiro atoms. The number of amides is 1. The molecule has 4 nitrogen and oxygen atoms in total. The summed E-state index contributed by atoms with van der Waals surface area (Å²) in [7, 11) is 0. The second-order valence-corrected chi connectivity index (χ2v) is 5.93. The molecule has 0 aliphatic carbocycles. The second kappa shape index (κ2) is 6.39. The van der Waals surface area contributed by atoms with Crippen molar-refractivity contribution in [2.24, 2.45) is 0 Å². The van der Waals surface area contributed by atoms with Crippen molar-refractivity contribution in [2.75, 3.05) is 19.7 Å². The quantitative estimate of drug-likeness (QED) is 0.924. The van der Waals surface area contributed by atoms with E-state index in [0.29, 0.717) is 17.8 Å². The highest BCUT2D eigenvalue weighted by atomic mass is 79.9. The molecule has 19 heavy (non-hydrogen) atoms. The third-order valence-corrected chi connectivity index (χ3v) is 3.56. The summed E-state index contributed by atoms with van der Waals surface area (Å²) in [5, 5.41) is 3.40. The minimum Gasteiger partial charge on any atom is -0.484 e. The van der Waals surface area contributed by atoms with Crippen LogP contribution in [0.15, 0.2) is 28.7 Å². The SMILES string of the molecule is C[C@@H]1CN(C(=O)COc2cccc(Br)c2)C[C@H](C)N1. The molecule has 1 heterocycles. The summed E-state index contributed by atoms with van der Waals surface area (Å²) in [6, 6.07) is 8.18. The Bertz CT molecular complexity index is 443. The molecular formula is C14H19BrN2O2. The number of piperazine rings is 1. The Labute approximate surface area is 122 Å². The van der Waals surface area contributed by atoms with Crippen LogP contribution < -0.4 is 10.1 Å². The lowest BCUT2D eigenvalue weighted by Gasteiger charge is -2.36. The van der Waals surface area contributed by atoms with Gasteiger partial charge in [-0.2, -0.15) is 0 Å². The van der Waals surface area contributed by atoms with Crippen molar-refractivity contribution in [1.82, 2.24) is 10.2 Å². The van der Waals surface area contributed by atoms with Gasteiger partial charge >= 0.3 is 0 Å². The van der Waals surface area contributed by atoms with Crippen LogP contribution in [0.25, 0.3) is 0 Å². The molecule has 1 aromatic rings. The molecule has 0 radical (unpaired) electrons. The molecule has 2 rings (SSSR count). The third-order valence-electron chi connectivity index (χ3n) is 3.07. The zero-order chi connectivity index (χ0) is 13.8. The Balaban J connectivity index is 1.87. The summed E-state index contributed by atoms with van der Waals surface area (Å²) >= 11 is 3.38. The summed E-state index contributed by atoms with van der Waals surface area (Å²) in [4.78, 5) is 14.0. The number of ether oxygens (including phenoxy) is 1. The van der Waals surface area contributed by atoms with Crippen LogP contribution in [-0.2, 0) is 4.79 Å². The largest absolute Gasteiger partial charge is 0.484 e. The molecule has 104 valence electrons. The van der Waals surface area contributed by atoms with Gasteiger partial charge in [0.05, 0.1) is 0 Å². The Kier molecular flexibility index (Phi) is 4.82. The predicted molar refractivity (Wildman–Crippen MR) is 78.3 cm³/mol. The Morgan fingerprint density at radius 1 is 1.42 bits per heavy atom. The number of hydrogen-bond donors (Lipinski definition) is 1. The third kappa shape index (κ3) is 4.21. The smallest absolute Gasteiger partial charge is 0.260 e. The van der Waals surface area contributed by atoms with Gasteiger partial charge in [-0.15, -0.1) is 0 Å². The minimum atomic E-state index is 0.0418. The van der Waals surface area contributed by atoms with Crippen molar-refractivity contribution in [3.05, 3.63) is 28.7 Å². The molecule has 1 aromatic carbocycles.